The van der Waals surface area contributed by atoms with E-state index in [2.05, 4.69) is 22.4 Å². The van der Waals surface area contributed by atoms with Gasteiger partial charge in [-0.15, -0.1) is 10.2 Å². The van der Waals surface area contributed by atoms with Crippen LogP contribution in [0.15, 0.2) is 73.1 Å². The van der Waals surface area contributed by atoms with Crippen molar-refractivity contribution in [3.63, 3.8) is 0 Å². The molecule has 0 radical (unpaired) electrons. The number of anilines is 1. The van der Waals surface area contributed by atoms with Crippen molar-refractivity contribution in [1.82, 2.24) is 20.1 Å². The molecule has 1 aliphatic heterocycles. The zero-order valence-corrected chi connectivity index (χ0v) is 22.7. The molecular weight excluding hydrogens is 531 g/mol. The summed E-state index contributed by atoms with van der Waals surface area (Å²) in [5.74, 6) is -0.255. The van der Waals surface area contributed by atoms with Crippen molar-refractivity contribution in [1.29, 1.82) is 0 Å². The summed E-state index contributed by atoms with van der Waals surface area (Å²) in [6.45, 7) is 2.08. The van der Waals surface area contributed by atoms with E-state index in [1.807, 2.05) is 6.07 Å². The van der Waals surface area contributed by atoms with Gasteiger partial charge in [-0.2, -0.15) is 13.2 Å². The van der Waals surface area contributed by atoms with Crippen LogP contribution in [0, 0.1) is 0 Å². The Morgan fingerprint density at radius 3 is 2.39 bits per heavy atom. The standard InChI is InChI=1S/C31H30F3N5O2/c1-29(12-7-13-29)35-17-20-14-24-25(26(15-20)31(32,33)34)18-39(27(24)40)23-11-6-10-22(16-23)30(41,21-8-4-3-5-9-21)28-37-36-19-38(28)2/h3-6,8-11,14-16,19,35,41H,7,12-13,17-18H2,1-2H3/t30-/m1/s1. The molecule has 1 fully saturated rings. The lowest BCUT2D eigenvalue weighted by Gasteiger charge is -2.39. The largest absolute Gasteiger partial charge is 0.416 e. The van der Waals surface area contributed by atoms with Crippen LogP contribution in [-0.4, -0.2) is 31.3 Å². The summed E-state index contributed by atoms with van der Waals surface area (Å²) in [6.07, 6.45) is -0.112. The number of hydrogen-bond acceptors (Lipinski definition) is 5. The molecule has 212 valence electrons. The fourth-order valence-corrected chi connectivity index (χ4v) is 5.84. The molecule has 0 spiro atoms. The molecule has 7 nitrogen and oxygen atoms in total. The van der Waals surface area contributed by atoms with Gasteiger partial charge in [-0.3, -0.25) is 4.79 Å². The second kappa shape index (κ2) is 9.81. The van der Waals surface area contributed by atoms with Gasteiger partial charge in [0.05, 0.1) is 12.1 Å². The van der Waals surface area contributed by atoms with Crippen LogP contribution in [0.3, 0.4) is 0 Å². The molecule has 0 saturated heterocycles. The molecule has 41 heavy (non-hydrogen) atoms. The number of halogens is 3. The first-order valence-electron chi connectivity index (χ1n) is 13.5. The molecule has 10 heteroatoms. The number of benzene rings is 3. The number of alkyl halides is 3. The number of carbonyl (C=O) groups is 1. The van der Waals surface area contributed by atoms with E-state index >= 15 is 0 Å². The molecule has 3 aromatic carbocycles. The maximum Gasteiger partial charge on any atom is 0.416 e. The Labute approximate surface area is 235 Å². The molecule has 4 aromatic rings. The van der Waals surface area contributed by atoms with Crippen molar-refractivity contribution in [3.05, 3.63) is 112 Å². The number of rotatable bonds is 7. The van der Waals surface area contributed by atoms with E-state index in [0.29, 0.717) is 22.4 Å². The molecule has 2 N–H and O–H groups in total. The van der Waals surface area contributed by atoms with E-state index in [1.54, 1.807) is 66.2 Å². The van der Waals surface area contributed by atoms with Gasteiger partial charge in [0, 0.05) is 30.4 Å². The molecular formula is C31H30F3N5O2. The SMILES string of the molecule is Cn1cnnc1[C@@](O)(c1ccccc1)c1cccc(N2Cc3c(cc(CNC4(C)CCC4)cc3C(F)(F)F)C2=O)c1. The third kappa shape index (κ3) is 4.70. The predicted molar refractivity (Wildman–Crippen MR) is 147 cm³/mol. The van der Waals surface area contributed by atoms with Gasteiger partial charge in [0.1, 0.15) is 6.33 Å². The molecule has 1 atom stereocenters. The molecule has 1 aliphatic carbocycles. The van der Waals surface area contributed by atoms with Crippen molar-refractivity contribution >= 4 is 11.6 Å². The molecule has 0 bridgehead atoms. The van der Waals surface area contributed by atoms with Gasteiger partial charge >= 0.3 is 6.18 Å². The van der Waals surface area contributed by atoms with E-state index in [1.165, 1.54) is 11.2 Å². The highest BCUT2D eigenvalue weighted by Crippen LogP contribution is 2.42. The smallest absolute Gasteiger partial charge is 0.373 e. The average molecular weight is 562 g/mol. The van der Waals surface area contributed by atoms with Crippen molar-refractivity contribution in [3.8, 4) is 0 Å². The zero-order chi connectivity index (χ0) is 29.0. The number of nitrogens with zero attached hydrogens (tertiary/aromatic N) is 4. The first kappa shape index (κ1) is 27.2. The van der Waals surface area contributed by atoms with Crippen molar-refractivity contribution in [2.24, 2.45) is 7.05 Å². The highest BCUT2D eigenvalue weighted by Gasteiger charge is 2.42. The van der Waals surface area contributed by atoms with Gasteiger partial charge < -0.3 is 19.9 Å². The zero-order valence-electron chi connectivity index (χ0n) is 22.7. The van der Waals surface area contributed by atoms with E-state index in [-0.39, 0.29) is 35.6 Å². The number of hydrogen-bond donors (Lipinski definition) is 2. The fraction of sp³-hybridized carbons (Fsp3) is 0.323. The summed E-state index contributed by atoms with van der Waals surface area (Å²) >= 11 is 0. The number of aryl methyl sites for hydroxylation is 1. The van der Waals surface area contributed by atoms with Crippen LogP contribution in [0.4, 0.5) is 18.9 Å². The summed E-state index contributed by atoms with van der Waals surface area (Å²) in [5, 5.41) is 23.6. The lowest BCUT2D eigenvalue weighted by Crippen LogP contribution is -2.47. The average Bonchev–Trinajstić information content (AvgIpc) is 3.53. The van der Waals surface area contributed by atoms with Crippen LogP contribution < -0.4 is 10.2 Å². The normalized spacial score (nSPS) is 17.7. The maximum atomic E-state index is 14.2. The Morgan fingerprint density at radius 1 is 1.02 bits per heavy atom. The van der Waals surface area contributed by atoms with Gasteiger partial charge in [0.15, 0.2) is 11.4 Å². The summed E-state index contributed by atoms with van der Waals surface area (Å²) in [7, 11) is 1.71. The summed E-state index contributed by atoms with van der Waals surface area (Å²) in [4.78, 5) is 15.0. The van der Waals surface area contributed by atoms with Gasteiger partial charge in [0.2, 0.25) is 0 Å². The third-order valence-electron chi connectivity index (χ3n) is 8.39. The molecule has 1 amide bonds. The van der Waals surface area contributed by atoms with Crippen LogP contribution in [0.2, 0.25) is 0 Å². The molecule has 0 unspecified atom stereocenters. The Balaban J connectivity index is 1.39. The molecule has 6 rings (SSSR count). The van der Waals surface area contributed by atoms with Crippen LogP contribution in [0.5, 0.6) is 0 Å². The topological polar surface area (TPSA) is 83.3 Å². The summed E-state index contributed by atoms with van der Waals surface area (Å²) in [6, 6.07) is 18.3. The minimum Gasteiger partial charge on any atom is -0.373 e. The van der Waals surface area contributed by atoms with Crippen molar-refractivity contribution in [2.45, 2.75) is 56.6 Å². The maximum absolute atomic E-state index is 14.2. The number of nitrogens with one attached hydrogen (secondary N) is 1. The molecule has 2 heterocycles. The Morgan fingerprint density at radius 2 is 1.76 bits per heavy atom. The second-order valence-electron chi connectivity index (χ2n) is 11.2. The summed E-state index contributed by atoms with van der Waals surface area (Å²) < 4.78 is 44.3. The van der Waals surface area contributed by atoms with Crippen LogP contribution >= 0.6 is 0 Å². The van der Waals surface area contributed by atoms with E-state index in [9.17, 15) is 23.1 Å². The molecule has 1 aromatic heterocycles. The predicted octanol–water partition coefficient (Wildman–Crippen LogP) is 5.31. The van der Waals surface area contributed by atoms with Crippen LogP contribution in [0.25, 0.3) is 0 Å². The van der Waals surface area contributed by atoms with Crippen LogP contribution in [0.1, 0.15) is 70.2 Å². The number of amides is 1. The highest BCUT2D eigenvalue weighted by molar-refractivity contribution is 6.10. The Bertz CT molecular complexity index is 1610. The number of aliphatic hydroxyl groups is 1. The quantitative estimate of drug-likeness (QED) is 0.320. The molecule has 1 saturated carbocycles. The van der Waals surface area contributed by atoms with Crippen molar-refractivity contribution in [2.75, 3.05) is 4.90 Å². The Kier molecular flexibility index (Phi) is 6.50. The monoisotopic (exact) mass is 561 g/mol. The first-order valence-corrected chi connectivity index (χ1v) is 13.5. The summed E-state index contributed by atoms with van der Waals surface area (Å²) in [5.41, 5.74) is -0.888. The first-order chi connectivity index (χ1) is 19.5. The lowest BCUT2D eigenvalue weighted by molar-refractivity contribution is -0.138. The number of aromatic nitrogens is 3. The molecule has 2 aliphatic rings. The highest BCUT2D eigenvalue weighted by atomic mass is 19.4. The fourth-order valence-electron chi connectivity index (χ4n) is 5.84. The van der Waals surface area contributed by atoms with Gasteiger partial charge in [-0.05, 0) is 72.7 Å². The van der Waals surface area contributed by atoms with E-state index in [0.717, 1.165) is 25.3 Å². The van der Waals surface area contributed by atoms with E-state index in [4.69, 9.17) is 0 Å². The lowest BCUT2D eigenvalue weighted by atomic mass is 9.78. The Hall–Kier alpha value is -4.02. The minimum atomic E-state index is -4.61. The van der Waals surface area contributed by atoms with Gasteiger partial charge in [0.25, 0.3) is 5.91 Å². The van der Waals surface area contributed by atoms with Gasteiger partial charge in [-0.1, -0.05) is 42.5 Å². The second-order valence-corrected chi connectivity index (χ2v) is 11.2. The number of carbonyl (C=O) groups excluding carboxylic acids is 1. The number of fused-ring (bicyclic) bond motifs is 1. The van der Waals surface area contributed by atoms with Crippen molar-refractivity contribution < 1.29 is 23.1 Å². The van der Waals surface area contributed by atoms with Gasteiger partial charge in [-0.25, -0.2) is 0 Å². The van der Waals surface area contributed by atoms with Crippen LogP contribution in [-0.2, 0) is 31.9 Å². The minimum absolute atomic E-state index is 0.0434. The third-order valence-corrected chi connectivity index (χ3v) is 8.39. The van der Waals surface area contributed by atoms with E-state index < -0.39 is 23.2 Å².